The van der Waals surface area contributed by atoms with E-state index in [4.69, 9.17) is 11.5 Å². The quantitative estimate of drug-likeness (QED) is 0.220. The first-order chi connectivity index (χ1) is 26.1. The summed E-state index contributed by atoms with van der Waals surface area (Å²) in [6.07, 6.45) is 4.09. The van der Waals surface area contributed by atoms with E-state index in [1.807, 2.05) is 29.2 Å². The molecule has 2 aliphatic rings. The Morgan fingerprint density at radius 2 is 1.15 bits per heavy atom. The zero-order valence-electron chi connectivity index (χ0n) is 29.9. The molecule has 6 heterocycles. The van der Waals surface area contributed by atoms with Crippen molar-refractivity contribution in [3.63, 3.8) is 0 Å². The van der Waals surface area contributed by atoms with Crippen LogP contribution in [-0.4, -0.2) is 101 Å². The number of nitrogen functional groups attached to an aromatic ring is 2. The Morgan fingerprint density at radius 3 is 1.61 bits per heavy atom. The standard InChI is InChI=1S/C20H21FN6O.C19H20FN5O/c1-13(28)27-6-4-26(5-7-27)11-14-8-15(10-16(21)9-14)17-2-3-18-19(25-17)20(22)24-12-23-18;20-14-8-12(10-25-5-3-15(26)4-6-25)7-13(9-14)16-1-2-17-18(24-16)19(21)23-11-22-17/h2-3,8-10,12H,4-7,11H2,1H3,(H2,22,23,24);1-2,7-9,11,15,26H,3-6,10H2,(H2,21,22,23). The lowest BCUT2D eigenvalue weighted by Gasteiger charge is -2.34. The molecular weight excluding hydrogens is 692 g/mol. The van der Waals surface area contributed by atoms with E-state index in [9.17, 15) is 18.7 Å². The molecule has 2 aliphatic heterocycles. The third-order valence-electron chi connectivity index (χ3n) is 9.71. The van der Waals surface area contributed by atoms with Gasteiger partial charge in [-0.05, 0) is 84.6 Å². The van der Waals surface area contributed by atoms with Gasteiger partial charge >= 0.3 is 0 Å². The molecule has 0 bridgehead atoms. The monoisotopic (exact) mass is 733 g/mol. The fourth-order valence-corrected chi connectivity index (χ4v) is 6.83. The number of hydrogen-bond acceptors (Lipinski definition) is 12. The number of amides is 1. The van der Waals surface area contributed by atoms with Crippen molar-refractivity contribution in [3.8, 4) is 22.5 Å². The highest BCUT2D eigenvalue weighted by molar-refractivity contribution is 5.86. The maximum atomic E-state index is 14.3. The Morgan fingerprint density at radius 1 is 0.685 bits per heavy atom. The SMILES string of the molecule is CC(=O)N1CCN(Cc2cc(F)cc(-c3ccc4ncnc(N)c4n3)c2)CC1.Nc1ncnc2ccc(-c3cc(F)cc(CN4CCC(O)CC4)c3)nc12. The fraction of sp³-hybridized carbons (Fsp3) is 0.308. The number of aromatic nitrogens is 6. The number of likely N-dealkylation sites (tertiary alicyclic amines) is 1. The largest absolute Gasteiger partial charge is 0.393 e. The number of pyridine rings is 2. The Kier molecular flexibility index (Phi) is 10.9. The van der Waals surface area contributed by atoms with Gasteiger partial charge in [0.2, 0.25) is 5.91 Å². The number of nitrogens with two attached hydrogens (primary N) is 2. The molecule has 6 aromatic rings. The minimum absolute atomic E-state index is 0.0957. The predicted molar refractivity (Wildman–Crippen MR) is 202 cm³/mol. The van der Waals surface area contributed by atoms with Crippen LogP contribution in [0.2, 0.25) is 0 Å². The highest BCUT2D eigenvalue weighted by Gasteiger charge is 2.20. The lowest BCUT2D eigenvalue weighted by molar-refractivity contribution is -0.130. The molecule has 2 saturated heterocycles. The first-order valence-electron chi connectivity index (χ1n) is 17.8. The van der Waals surface area contributed by atoms with E-state index in [0.29, 0.717) is 82.4 Å². The number of halogens is 2. The van der Waals surface area contributed by atoms with Crippen molar-refractivity contribution in [2.75, 3.05) is 50.7 Å². The molecule has 8 rings (SSSR count). The highest BCUT2D eigenvalue weighted by atomic mass is 19.1. The highest BCUT2D eigenvalue weighted by Crippen LogP contribution is 2.27. The molecule has 15 heteroatoms. The van der Waals surface area contributed by atoms with E-state index in [-0.39, 0.29) is 23.6 Å². The number of aliphatic hydroxyl groups is 1. The van der Waals surface area contributed by atoms with E-state index in [1.54, 1.807) is 31.2 Å². The number of piperazine rings is 1. The van der Waals surface area contributed by atoms with Crippen LogP contribution in [-0.2, 0) is 17.9 Å². The minimum atomic E-state index is -0.311. The summed E-state index contributed by atoms with van der Waals surface area (Å²) < 4.78 is 28.5. The second kappa shape index (κ2) is 16.1. The molecular formula is C39H41F2N11O2. The number of piperidine rings is 1. The lowest BCUT2D eigenvalue weighted by Crippen LogP contribution is -2.47. The van der Waals surface area contributed by atoms with Crippen LogP contribution in [0.4, 0.5) is 20.4 Å². The topological polar surface area (TPSA) is 176 Å². The van der Waals surface area contributed by atoms with Crippen molar-refractivity contribution < 1.29 is 18.7 Å². The number of nitrogens with zero attached hydrogens (tertiary/aromatic N) is 9. The number of anilines is 2. The van der Waals surface area contributed by atoms with Crippen molar-refractivity contribution in [2.24, 2.45) is 0 Å². The Bertz CT molecular complexity index is 2290. The number of aliphatic hydroxyl groups excluding tert-OH is 1. The summed E-state index contributed by atoms with van der Waals surface area (Å²) in [6.45, 7) is 7.42. The van der Waals surface area contributed by atoms with Crippen LogP contribution in [0, 0.1) is 11.6 Å². The zero-order valence-corrected chi connectivity index (χ0v) is 29.9. The van der Waals surface area contributed by atoms with E-state index in [2.05, 4.69) is 39.7 Å². The lowest BCUT2D eigenvalue weighted by atomic mass is 10.0. The van der Waals surface area contributed by atoms with Gasteiger partial charge in [-0.2, -0.15) is 0 Å². The van der Waals surface area contributed by atoms with Crippen LogP contribution in [0.5, 0.6) is 0 Å². The average Bonchev–Trinajstić information content (AvgIpc) is 3.16. The first kappa shape index (κ1) is 36.6. The molecule has 54 heavy (non-hydrogen) atoms. The van der Waals surface area contributed by atoms with Crippen LogP contribution >= 0.6 is 0 Å². The molecule has 0 unspecified atom stereocenters. The normalized spacial score (nSPS) is 15.7. The van der Waals surface area contributed by atoms with Gasteiger partial charge in [-0.15, -0.1) is 0 Å². The summed E-state index contributed by atoms with van der Waals surface area (Å²) in [4.78, 5) is 43.0. The van der Waals surface area contributed by atoms with Crippen LogP contribution in [0.3, 0.4) is 0 Å². The maximum absolute atomic E-state index is 14.3. The summed E-state index contributed by atoms with van der Waals surface area (Å²) in [5, 5.41) is 9.62. The maximum Gasteiger partial charge on any atom is 0.219 e. The summed E-state index contributed by atoms with van der Waals surface area (Å²) in [7, 11) is 0. The molecule has 2 fully saturated rings. The van der Waals surface area contributed by atoms with Gasteiger partial charge in [0.05, 0.1) is 28.5 Å². The molecule has 0 saturated carbocycles. The molecule has 278 valence electrons. The Balaban J connectivity index is 0.000000167. The molecule has 0 spiro atoms. The van der Waals surface area contributed by atoms with Crippen molar-refractivity contribution in [3.05, 3.63) is 96.1 Å². The predicted octanol–water partition coefficient (Wildman–Crippen LogP) is 4.45. The van der Waals surface area contributed by atoms with E-state index < -0.39 is 0 Å². The number of hydrogen-bond donors (Lipinski definition) is 3. The average molecular weight is 734 g/mol. The molecule has 4 aromatic heterocycles. The second-order valence-electron chi connectivity index (χ2n) is 13.6. The van der Waals surface area contributed by atoms with Crippen molar-refractivity contribution in [1.29, 1.82) is 0 Å². The van der Waals surface area contributed by atoms with Gasteiger partial charge in [0.1, 0.15) is 35.3 Å². The molecule has 13 nitrogen and oxygen atoms in total. The molecule has 0 atom stereocenters. The Hall–Kier alpha value is -5.77. The fourth-order valence-electron chi connectivity index (χ4n) is 6.83. The van der Waals surface area contributed by atoms with Crippen LogP contribution < -0.4 is 11.5 Å². The Labute approximate surface area is 310 Å². The van der Waals surface area contributed by atoms with Gasteiger partial charge in [0, 0.05) is 70.4 Å². The second-order valence-corrected chi connectivity index (χ2v) is 13.6. The van der Waals surface area contributed by atoms with Crippen LogP contribution in [0.15, 0.2) is 73.3 Å². The van der Waals surface area contributed by atoms with Gasteiger partial charge in [-0.25, -0.2) is 38.7 Å². The van der Waals surface area contributed by atoms with Gasteiger partial charge in [0.15, 0.2) is 11.6 Å². The molecule has 0 radical (unpaired) electrons. The molecule has 2 aromatic carbocycles. The zero-order chi connectivity index (χ0) is 37.8. The van der Waals surface area contributed by atoms with Crippen LogP contribution in [0.1, 0.15) is 30.9 Å². The minimum Gasteiger partial charge on any atom is -0.393 e. The third-order valence-corrected chi connectivity index (χ3v) is 9.71. The number of benzene rings is 2. The van der Waals surface area contributed by atoms with E-state index in [1.165, 1.54) is 24.8 Å². The summed E-state index contributed by atoms with van der Waals surface area (Å²) >= 11 is 0. The number of carbonyl (C=O) groups is 1. The summed E-state index contributed by atoms with van der Waals surface area (Å²) in [6, 6.07) is 17.1. The summed E-state index contributed by atoms with van der Waals surface area (Å²) in [5.74, 6) is 0.0910. The van der Waals surface area contributed by atoms with Gasteiger partial charge in [-0.1, -0.05) is 0 Å². The first-order valence-corrected chi connectivity index (χ1v) is 17.8. The van der Waals surface area contributed by atoms with Crippen molar-refractivity contribution >= 4 is 39.6 Å². The number of carbonyl (C=O) groups excluding carboxylic acids is 1. The van der Waals surface area contributed by atoms with Gasteiger partial charge < -0.3 is 21.5 Å². The van der Waals surface area contributed by atoms with Gasteiger partial charge in [-0.3, -0.25) is 14.6 Å². The van der Waals surface area contributed by atoms with Gasteiger partial charge in [0.25, 0.3) is 0 Å². The summed E-state index contributed by atoms with van der Waals surface area (Å²) in [5.41, 5.74) is 18.5. The third kappa shape index (κ3) is 8.71. The smallest absolute Gasteiger partial charge is 0.219 e. The molecule has 5 N–H and O–H groups in total. The van der Waals surface area contributed by atoms with E-state index >= 15 is 0 Å². The molecule has 0 aliphatic carbocycles. The van der Waals surface area contributed by atoms with Crippen molar-refractivity contribution in [2.45, 2.75) is 39.0 Å². The van der Waals surface area contributed by atoms with E-state index in [0.717, 1.165) is 50.1 Å². The van der Waals surface area contributed by atoms with Crippen molar-refractivity contribution in [1.82, 2.24) is 44.6 Å². The molecule has 1 amide bonds. The van der Waals surface area contributed by atoms with Crippen LogP contribution in [0.25, 0.3) is 44.6 Å². The number of fused-ring (bicyclic) bond motifs is 2. The number of rotatable bonds is 6.